The summed E-state index contributed by atoms with van der Waals surface area (Å²) in [5.41, 5.74) is 5.82. The van der Waals surface area contributed by atoms with Gasteiger partial charge in [0.25, 0.3) is 5.91 Å². The zero-order valence-corrected chi connectivity index (χ0v) is 16.0. The molecule has 2 amide bonds. The summed E-state index contributed by atoms with van der Waals surface area (Å²) in [6, 6.07) is 6.23. The van der Waals surface area contributed by atoms with E-state index in [9.17, 15) is 9.59 Å². The van der Waals surface area contributed by atoms with Gasteiger partial charge in [-0.2, -0.15) is 0 Å². The second-order valence-electron chi connectivity index (χ2n) is 7.04. The lowest BCUT2D eigenvalue weighted by atomic mass is 10.1. The molecule has 2 aromatic rings. The van der Waals surface area contributed by atoms with Crippen LogP contribution in [0, 0.1) is 13.8 Å². The first-order valence-electron chi connectivity index (χ1n) is 8.77. The number of hydrazine groups is 1. The van der Waals surface area contributed by atoms with Crippen molar-refractivity contribution in [2.45, 2.75) is 26.3 Å². The molecule has 1 saturated heterocycles. The van der Waals surface area contributed by atoms with E-state index in [2.05, 4.69) is 21.6 Å². The van der Waals surface area contributed by atoms with Gasteiger partial charge in [-0.25, -0.2) is 9.67 Å². The summed E-state index contributed by atoms with van der Waals surface area (Å²) in [5.74, 6) is 0.120. The monoisotopic (exact) mass is 368 g/mol. The van der Waals surface area contributed by atoms with Crippen molar-refractivity contribution in [1.29, 1.82) is 0 Å². The Labute approximate surface area is 158 Å². The number of nitrogens with zero attached hydrogens (tertiary/aromatic N) is 5. The van der Waals surface area contributed by atoms with Gasteiger partial charge in [-0.15, -0.1) is 5.10 Å². The Morgan fingerprint density at radius 2 is 1.96 bits per heavy atom. The quantitative estimate of drug-likeness (QED) is 0.803. The first-order valence-corrected chi connectivity index (χ1v) is 8.77. The van der Waals surface area contributed by atoms with E-state index in [1.165, 1.54) is 22.0 Å². The zero-order valence-electron chi connectivity index (χ0n) is 16.0. The Morgan fingerprint density at radius 1 is 1.26 bits per heavy atom. The average Bonchev–Trinajstić information content (AvgIpc) is 3.20. The lowest BCUT2D eigenvalue weighted by molar-refractivity contribution is -0.136. The largest absolute Gasteiger partial charge is 0.304 e. The van der Waals surface area contributed by atoms with Crippen LogP contribution in [0.3, 0.4) is 0 Å². The van der Waals surface area contributed by atoms with E-state index in [4.69, 9.17) is 0 Å². The second kappa shape index (κ2) is 7.71. The first kappa shape index (κ1) is 18.8. The molecule has 0 radical (unpaired) electrons. The van der Waals surface area contributed by atoms with Gasteiger partial charge in [-0.3, -0.25) is 20.0 Å². The Kier molecular flexibility index (Phi) is 5.36. The summed E-state index contributed by atoms with van der Waals surface area (Å²) in [4.78, 5) is 30.3. The number of hydrogen-bond acceptors (Lipinski definition) is 5. The number of nitrogens with one attached hydrogen (secondary N) is 1. The highest BCUT2D eigenvalue weighted by Gasteiger charge is 2.31. The topological polar surface area (TPSA) is 83.4 Å². The summed E-state index contributed by atoms with van der Waals surface area (Å²) in [5, 5.41) is 5.73. The van der Waals surface area contributed by atoms with Crippen LogP contribution in [-0.2, 0) is 9.59 Å². The molecule has 1 aliphatic heterocycles. The van der Waals surface area contributed by atoms with Gasteiger partial charge in [0.15, 0.2) is 5.82 Å². The summed E-state index contributed by atoms with van der Waals surface area (Å²) in [7, 11) is 3.84. The predicted molar refractivity (Wildman–Crippen MR) is 102 cm³/mol. The van der Waals surface area contributed by atoms with Gasteiger partial charge in [0.05, 0.1) is 6.54 Å². The van der Waals surface area contributed by atoms with E-state index >= 15 is 0 Å². The molecule has 1 aliphatic rings. The summed E-state index contributed by atoms with van der Waals surface area (Å²) in [6.07, 6.45) is 4.79. The highest BCUT2D eigenvalue weighted by Crippen LogP contribution is 2.18. The summed E-state index contributed by atoms with van der Waals surface area (Å²) >= 11 is 0. The third kappa shape index (κ3) is 4.59. The van der Waals surface area contributed by atoms with Crippen molar-refractivity contribution in [1.82, 2.24) is 30.1 Å². The minimum atomic E-state index is -0.383. The maximum Gasteiger partial charge on any atom is 0.264 e. The predicted octanol–water partition coefficient (Wildman–Crippen LogP) is 1.23. The van der Waals surface area contributed by atoms with Gasteiger partial charge in [0, 0.05) is 30.3 Å². The van der Waals surface area contributed by atoms with Gasteiger partial charge in [0.1, 0.15) is 6.33 Å². The maximum atomic E-state index is 12.1. The van der Waals surface area contributed by atoms with Crippen molar-refractivity contribution in [3.8, 4) is 11.4 Å². The molecule has 1 fully saturated rings. The standard InChI is InChI=1S/C19H24N6O2/c1-13-7-14(2)9-15(8-13)19-20-12-24(22-19)6-5-17(26)21-25-11-16(23(3)4)10-18(25)27/h5-9,12,16H,10-11H2,1-4H3,(H,21,26)/b6-5-. The molecule has 1 aromatic carbocycles. The summed E-state index contributed by atoms with van der Waals surface area (Å²) in [6.45, 7) is 4.53. The molecule has 0 spiro atoms. The fourth-order valence-corrected chi connectivity index (χ4v) is 3.04. The lowest BCUT2D eigenvalue weighted by Crippen LogP contribution is -2.43. The van der Waals surface area contributed by atoms with Gasteiger partial charge >= 0.3 is 0 Å². The van der Waals surface area contributed by atoms with Crippen LogP contribution in [0.4, 0.5) is 0 Å². The number of rotatable bonds is 5. The van der Waals surface area contributed by atoms with E-state index in [0.29, 0.717) is 18.8 Å². The van der Waals surface area contributed by atoms with E-state index < -0.39 is 0 Å². The van der Waals surface area contributed by atoms with E-state index in [-0.39, 0.29) is 17.9 Å². The van der Waals surface area contributed by atoms with Crippen LogP contribution in [0.2, 0.25) is 0 Å². The SMILES string of the molecule is Cc1cc(C)cc(-c2ncn(/C=C\C(=O)NN3CC(N(C)C)CC3=O)n2)c1. The Bertz CT molecular complexity index is 866. The zero-order chi connectivity index (χ0) is 19.6. The molecule has 1 atom stereocenters. The fourth-order valence-electron chi connectivity index (χ4n) is 3.04. The normalized spacial score (nSPS) is 17.3. The molecule has 8 nitrogen and oxygen atoms in total. The van der Waals surface area contributed by atoms with Crippen LogP contribution in [0.15, 0.2) is 30.6 Å². The molecule has 1 unspecified atom stereocenters. The van der Waals surface area contributed by atoms with Gasteiger partial charge in [-0.1, -0.05) is 17.2 Å². The van der Waals surface area contributed by atoms with Crippen LogP contribution in [0.25, 0.3) is 17.6 Å². The van der Waals surface area contributed by atoms with Crippen LogP contribution in [0.1, 0.15) is 17.5 Å². The number of aryl methyl sites for hydroxylation is 2. The lowest BCUT2D eigenvalue weighted by Gasteiger charge is -2.19. The minimum Gasteiger partial charge on any atom is -0.304 e. The molecule has 0 bridgehead atoms. The molecule has 27 heavy (non-hydrogen) atoms. The highest BCUT2D eigenvalue weighted by molar-refractivity contribution is 5.92. The van der Waals surface area contributed by atoms with Crippen molar-refractivity contribution >= 4 is 18.0 Å². The Morgan fingerprint density at radius 3 is 2.59 bits per heavy atom. The molecule has 0 saturated carbocycles. The van der Waals surface area contributed by atoms with Crippen molar-refractivity contribution in [2.75, 3.05) is 20.6 Å². The van der Waals surface area contributed by atoms with Crippen LogP contribution < -0.4 is 5.43 Å². The number of aromatic nitrogens is 3. The third-order valence-corrected chi connectivity index (χ3v) is 4.45. The molecule has 2 heterocycles. The van der Waals surface area contributed by atoms with E-state index in [1.807, 2.05) is 45.0 Å². The maximum absolute atomic E-state index is 12.1. The molecular weight excluding hydrogens is 344 g/mol. The number of likely N-dealkylation sites (N-methyl/N-ethyl adjacent to an activating group) is 1. The van der Waals surface area contributed by atoms with Gasteiger partial charge < -0.3 is 4.90 Å². The average molecular weight is 368 g/mol. The molecule has 3 rings (SSSR count). The van der Waals surface area contributed by atoms with E-state index in [1.54, 1.807) is 6.33 Å². The smallest absolute Gasteiger partial charge is 0.264 e. The number of carbonyl (C=O) groups excluding carboxylic acids is 2. The van der Waals surface area contributed by atoms with E-state index in [0.717, 1.165) is 16.7 Å². The number of amides is 2. The number of carbonyl (C=O) groups is 2. The Hall–Kier alpha value is -3.00. The molecule has 0 aliphatic carbocycles. The molecule has 8 heteroatoms. The first-order chi connectivity index (χ1) is 12.8. The highest BCUT2D eigenvalue weighted by atomic mass is 16.2. The van der Waals surface area contributed by atoms with Crippen molar-refractivity contribution in [2.24, 2.45) is 0 Å². The molecule has 1 aromatic heterocycles. The molecule has 1 N–H and O–H groups in total. The van der Waals surface area contributed by atoms with Crippen LogP contribution >= 0.6 is 0 Å². The molecular formula is C19H24N6O2. The number of benzene rings is 1. The van der Waals surface area contributed by atoms with Crippen LogP contribution in [-0.4, -0.2) is 63.2 Å². The van der Waals surface area contributed by atoms with Crippen LogP contribution in [0.5, 0.6) is 0 Å². The van der Waals surface area contributed by atoms with Gasteiger partial charge in [0.2, 0.25) is 5.91 Å². The summed E-state index contributed by atoms with van der Waals surface area (Å²) < 4.78 is 1.47. The van der Waals surface area contributed by atoms with Crippen molar-refractivity contribution in [3.05, 3.63) is 41.7 Å². The van der Waals surface area contributed by atoms with Gasteiger partial charge in [-0.05, 0) is 40.1 Å². The minimum absolute atomic E-state index is 0.0895. The second-order valence-corrected chi connectivity index (χ2v) is 7.04. The third-order valence-electron chi connectivity index (χ3n) is 4.45. The Balaban J connectivity index is 1.62. The fraction of sp³-hybridized carbons (Fsp3) is 0.368. The molecule has 142 valence electrons. The van der Waals surface area contributed by atoms with Crippen molar-refractivity contribution < 1.29 is 9.59 Å². The number of hydrogen-bond donors (Lipinski definition) is 1. The van der Waals surface area contributed by atoms with Crippen molar-refractivity contribution in [3.63, 3.8) is 0 Å².